The van der Waals surface area contributed by atoms with E-state index in [0.29, 0.717) is 17.5 Å². The Labute approximate surface area is 322 Å². The highest BCUT2D eigenvalue weighted by molar-refractivity contribution is 6.15. The van der Waals surface area contributed by atoms with Crippen LogP contribution in [0.15, 0.2) is 199 Å². The highest BCUT2D eigenvalue weighted by Crippen LogP contribution is 2.39. The van der Waals surface area contributed by atoms with Crippen molar-refractivity contribution in [3.8, 4) is 62.1 Å². The van der Waals surface area contributed by atoms with E-state index in [1.165, 1.54) is 11.1 Å². The van der Waals surface area contributed by atoms with Gasteiger partial charge in [0.15, 0.2) is 17.5 Å². The molecule has 5 heteroatoms. The molecule has 0 saturated heterocycles. The molecule has 0 unspecified atom stereocenters. The zero-order chi connectivity index (χ0) is 37.0. The Bertz CT molecular complexity index is 3240. The second-order valence-electron chi connectivity index (χ2n) is 14.0. The second-order valence-corrected chi connectivity index (χ2v) is 14.0. The number of furan rings is 1. The van der Waals surface area contributed by atoms with Crippen LogP contribution in [0, 0.1) is 0 Å². The lowest BCUT2D eigenvalue weighted by Gasteiger charge is -2.11. The summed E-state index contributed by atoms with van der Waals surface area (Å²) in [6.07, 6.45) is 0. The molecule has 0 N–H and O–H groups in total. The van der Waals surface area contributed by atoms with E-state index < -0.39 is 0 Å². The van der Waals surface area contributed by atoms with Crippen molar-refractivity contribution >= 4 is 43.7 Å². The van der Waals surface area contributed by atoms with E-state index in [9.17, 15) is 0 Å². The molecule has 0 radical (unpaired) electrons. The van der Waals surface area contributed by atoms with Crippen molar-refractivity contribution in [1.29, 1.82) is 0 Å². The summed E-state index contributed by atoms with van der Waals surface area (Å²) in [5.41, 5.74) is 12.3. The molecule has 0 aliphatic heterocycles. The van der Waals surface area contributed by atoms with Crippen LogP contribution in [0.4, 0.5) is 0 Å². The third kappa shape index (κ3) is 5.37. The first-order chi connectivity index (χ1) is 27.7. The van der Waals surface area contributed by atoms with Crippen LogP contribution in [0.5, 0.6) is 0 Å². The quantitative estimate of drug-likeness (QED) is 0.172. The van der Waals surface area contributed by atoms with Gasteiger partial charge in [0, 0.05) is 43.9 Å². The molecule has 0 bridgehead atoms. The zero-order valence-corrected chi connectivity index (χ0v) is 30.2. The number of hydrogen-bond donors (Lipinski definition) is 0. The first-order valence-corrected chi connectivity index (χ1v) is 18.8. The lowest BCUT2D eigenvalue weighted by atomic mass is 9.99. The Hall–Kier alpha value is -7.63. The average Bonchev–Trinajstić information content (AvgIpc) is 3.82. The van der Waals surface area contributed by atoms with Crippen LogP contribution in [0.2, 0.25) is 0 Å². The fourth-order valence-electron chi connectivity index (χ4n) is 8.00. The number of para-hydroxylation sites is 3. The van der Waals surface area contributed by atoms with Gasteiger partial charge in [-0.3, -0.25) is 0 Å². The smallest absolute Gasteiger partial charge is 0.164 e. The molecule has 0 aliphatic carbocycles. The van der Waals surface area contributed by atoms with Crippen molar-refractivity contribution in [2.75, 3.05) is 0 Å². The van der Waals surface area contributed by atoms with Gasteiger partial charge in [-0.2, -0.15) is 0 Å². The SMILES string of the molecule is c1ccc(-c2ccc(-c3cccc(-c4nc(-c5ccc6oc7ccccc7c6c5)nc(-c5cccc6c5c5ccccc5n6-c5ccccc5)n4)c3)cc2)cc1. The lowest BCUT2D eigenvalue weighted by Crippen LogP contribution is -2.01. The summed E-state index contributed by atoms with van der Waals surface area (Å²) in [4.78, 5) is 15.7. The Morgan fingerprint density at radius 3 is 1.68 bits per heavy atom. The molecule has 56 heavy (non-hydrogen) atoms. The molecule has 0 amide bonds. The van der Waals surface area contributed by atoms with E-state index in [2.05, 4.69) is 162 Å². The lowest BCUT2D eigenvalue weighted by molar-refractivity contribution is 0.669. The molecule has 0 aliphatic rings. The van der Waals surface area contributed by atoms with Crippen molar-refractivity contribution < 1.29 is 4.42 Å². The maximum atomic E-state index is 6.19. The van der Waals surface area contributed by atoms with Crippen molar-refractivity contribution in [2.24, 2.45) is 0 Å². The second kappa shape index (κ2) is 13.0. The normalized spacial score (nSPS) is 11.6. The number of rotatable bonds is 6. The van der Waals surface area contributed by atoms with Gasteiger partial charge < -0.3 is 8.98 Å². The maximum Gasteiger partial charge on any atom is 0.164 e. The molecular formula is C51H32N4O. The zero-order valence-electron chi connectivity index (χ0n) is 30.2. The van der Waals surface area contributed by atoms with Crippen LogP contribution < -0.4 is 0 Å². The molecular weight excluding hydrogens is 685 g/mol. The topological polar surface area (TPSA) is 56.7 Å². The fraction of sp³-hybridized carbons (Fsp3) is 0. The Morgan fingerprint density at radius 2 is 0.875 bits per heavy atom. The van der Waals surface area contributed by atoms with Gasteiger partial charge in [0.05, 0.1) is 11.0 Å². The van der Waals surface area contributed by atoms with Gasteiger partial charge in [-0.05, 0) is 76.9 Å². The van der Waals surface area contributed by atoms with Gasteiger partial charge in [0.25, 0.3) is 0 Å². The minimum atomic E-state index is 0.596. The summed E-state index contributed by atoms with van der Waals surface area (Å²) in [6.45, 7) is 0. The summed E-state index contributed by atoms with van der Waals surface area (Å²) >= 11 is 0. The number of nitrogens with zero attached hydrogens (tertiary/aromatic N) is 4. The van der Waals surface area contributed by atoms with E-state index in [0.717, 1.165) is 77.2 Å². The molecule has 0 atom stereocenters. The highest BCUT2D eigenvalue weighted by Gasteiger charge is 2.20. The summed E-state index contributed by atoms with van der Waals surface area (Å²) in [5.74, 6) is 1.81. The molecule has 0 fully saturated rings. The van der Waals surface area contributed by atoms with Crippen molar-refractivity contribution in [3.05, 3.63) is 194 Å². The van der Waals surface area contributed by atoms with Crippen molar-refractivity contribution in [1.82, 2.24) is 19.5 Å². The summed E-state index contributed by atoms with van der Waals surface area (Å²) < 4.78 is 8.51. The van der Waals surface area contributed by atoms with Crippen molar-refractivity contribution in [3.63, 3.8) is 0 Å². The molecule has 0 saturated carbocycles. The number of benzene rings is 8. The van der Waals surface area contributed by atoms with Gasteiger partial charge in [0.2, 0.25) is 0 Å². The standard InChI is InChI=1S/C51H32N4O/c1-3-13-33(14-4-1)34-25-27-35(28-26-34)36-15-11-16-37(31-36)49-52-50(38-29-30-47-43(32-38)40-19-8-10-24-46(40)56-47)54-51(53-49)42-21-12-23-45-48(42)41-20-7-9-22-44(41)55(45)39-17-5-2-6-18-39/h1-32H. The highest BCUT2D eigenvalue weighted by atomic mass is 16.3. The molecule has 262 valence electrons. The van der Waals surface area contributed by atoms with E-state index in [-0.39, 0.29) is 0 Å². The maximum absolute atomic E-state index is 6.19. The van der Waals surface area contributed by atoms with Gasteiger partial charge in [-0.25, -0.2) is 15.0 Å². The van der Waals surface area contributed by atoms with Gasteiger partial charge in [-0.15, -0.1) is 0 Å². The van der Waals surface area contributed by atoms with Gasteiger partial charge >= 0.3 is 0 Å². The molecule has 5 nitrogen and oxygen atoms in total. The average molecular weight is 717 g/mol. The van der Waals surface area contributed by atoms with E-state index in [1.54, 1.807) is 0 Å². The van der Waals surface area contributed by atoms with E-state index in [1.807, 2.05) is 36.4 Å². The first kappa shape index (κ1) is 31.9. The van der Waals surface area contributed by atoms with E-state index in [4.69, 9.17) is 19.4 Å². The van der Waals surface area contributed by atoms with Crippen LogP contribution in [0.1, 0.15) is 0 Å². The predicted molar refractivity (Wildman–Crippen MR) is 229 cm³/mol. The molecule has 3 aromatic heterocycles. The molecule has 3 heterocycles. The third-order valence-electron chi connectivity index (χ3n) is 10.7. The van der Waals surface area contributed by atoms with Gasteiger partial charge in [0.1, 0.15) is 11.2 Å². The van der Waals surface area contributed by atoms with Crippen LogP contribution in [0.3, 0.4) is 0 Å². The monoisotopic (exact) mass is 716 g/mol. The third-order valence-corrected chi connectivity index (χ3v) is 10.7. The molecule has 11 rings (SSSR count). The predicted octanol–water partition coefficient (Wildman–Crippen LogP) is 13.2. The molecule has 11 aromatic rings. The van der Waals surface area contributed by atoms with Crippen LogP contribution in [0.25, 0.3) is 106 Å². The van der Waals surface area contributed by atoms with Crippen LogP contribution in [-0.4, -0.2) is 19.5 Å². The fourth-order valence-corrected chi connectivity index (χ4v) is 8.00. The number of hydrogen-bond acceptors (Lipinski definition) is 4. The summed E-state index contributed by atoms with van der Waals surface area (Å²) in [5, 5.41) is 4.32. The minimum absolute atomic E-state index is 0.596. The number of aromatic nitrogens is 4. The molecule has 8 aromatic carbocycles. The Balaban J connectivity index is 1.11. The largest absolute Gasteiger partial charge is 0.456 e. The summed E-state index contributed by atoms with van der Waals surface area (Å²) in [7, 11) is 0. The van der Waals surface area contributed by atoms with Crippen LogP contribution >= 0.6 is 0 Å². The molecule has 0 spiro atoms. The Kier molecular flexibility index (Phi) is 7.42. The van der Waals surface area contributed by atoms with Crippen molar-refractivity contribution in [2.45, 2.75) is 0 Å². The minimum Gasteiger partial charge on any atom is -0.456 e. The van der Waals surface area contributed by atoms with E-state index >= 15 is 0 Å². The van der Waals surface area contributed by atoms with Gasteiger partial charge in [-0.1, -0.05) is 140 Å². The first-order valence-electron chi connectivity index (χ1n) is 18.8. The summed E-state index contributed by atoms with van der Waals surface area (Å²) in [6, 6.07) is 67.5. The Morgan fingerprint density at radius 1 is 0.339 bits per heavy atom. The number of fused-ring (bicyclic) bond motifs is 6. The van der Waals surface area contributed by atoms with Crippen LogP contribution in [-0.2, 0) is 0 Å².